The van der Waals surface area contributed by atoms with Gasteiger partial charge in [-0.05, 0) is 63.5 Å². The number of carbonyl (C=O) groups excluding carboxylic acids is 1. The van der Waals surface area contributed by atoms with Gasteiger partial charge in [0.2, 0.25) is 0 Å². The number of hydrogen-bond acceptors (Lipinski definition) is 7. The van der Waals surface area contributed by atoms with Gasteiger partial charge in [-0.25, -0.2) is 8.42 Å². The number of nitrogens with zero attached hydrogens (tertiary/aromatic N) is 2. The number of carbonyl (C=O) groups is 1. The fourth-order valence-corrected chi connectivity index (χ4v) is 4.88. The van der Waals surface area contributed by atoms with Crippen LogP contribution in [0.3, 0.4) is 0 Å². The van der Waals surface area contributed by atoms with Crippen molar-refractivity contribution < 1.29 is 27.8 Å². The fraction of sp³-hybridized carbons (Fsp3) is 0.458. The van der Waals surface area contributed by atoms with E-state index in [1.54, 1.807) is 36.1 Å². The van der Waals surface area contributed by atoms with E-state index in [0.717, 1.165) is 0 Å². The second kappa shape index (κ2) is 10.6. The second-order valence-electron chi connectivity index (χ2n) is 8.88. The Balaban J connectivity index is 1.98. The van der Waals surface area contributed by atoms with Crippen molar-refractivity contribution in [3.05, 3.63) is 48.0 Å². The maximum absolute atomic E-state index is 13.5. The Morgan fingerprint density at radius 1 is 1.24 bits per heavy atom. The van der Waals surface area contributed by atoms with Gasteiger partial charge in [0.15, 0.2) is 0 Å². The molecule has 0 aliphatic carbocycles. The van der Waals surface area contributed by atoms with Crippen LogP contribution < -0.4 is 14.2 Å². The zero-order valence-corrected chi connectivity index (χ0v) is 21.0. The molecule has 2 aromatic carbocycles. The van der Waals surface area contributed by atoms with Crippen molar-refractivity contribution in [2.75, 3.05) is 45.6 Å². The molecule has 10 heteroatoms. The van der Waals surface area contributed by atoms with Crippen LogP contribution in [0.1, 0.15) is 24.2 Å². The lowest BCUT2D eigenvalue weighted by molar-refractivity contribution is 0.0363. The van der Waals surface area contributed by atoms with Crippen LogP contribution in [0.25, 0.3) is 0 Å². The zero-order valence-electron chi connectivity index (χ0n) is 20.2. The number of hydrogen-bond donors (Lipinski definition) is 2. The molecule has 0 aromatic heterocycles. The number of fused-ring (bicyclic) bond motifs is 1. The topological polar surface area (TPSA) is 108 Å². The number of anilines is 1. The van der Waals surface area contributed by atoms with Gasteiger partial charge in [-0.1, -0.05) is 6.92 Å². The molecule has 0 spiro atoms. The molecule has 1 aliphatic heterocycles. The summed E-state index contributed by atoms with van der Waals surface area (Å²) in [5.41, 5.74) is 0.479. The van der Waals surface area contributed by atoms with E-state index in [9.17, 15) is 18.3 Å². The smallest absolute Gasteiger partial charge is 0.261 e. The Morgan fingerprint density at radius 2 is 1.91 bits per heavy atom. The third-order valence-electron chi connectivity index (χ3n) is 5.83. The summed E-state index contributed by atoms with van der Waals surface area (Å²) in [4.78, 5) is 17.2. The molecule has 0 unspecified atom stereocenters. The summed E-state index contributed by atoms with van der Waals surface area (Å²) in [6.07, 6.45) is -0.197. The number of aliphatic hydroxyl groups is 1. The molecule has 0 fully saturated rings. The minimum Gasteiger partial charge on any atom is -0.497 e. The first kappa shape index (κ1) is 25.8. The van der Waals surface area contributed by atoms with Gasteiger partial charge in [-0.15, -0.1) is 0 Å². The summed E-state index contributed by atoms with van der Waals surface area (Å²) in [5.74, 6) is 0.618. The molecule has 1 heterocycles. The molecule has 34 heavy (non-hydrogen) atoms. The Bertz CT molecular complexity index is 1100. The molecule has 0 radical (unpaired) electrons. The molecule has 3 rings (SSSR count). The number of ether oxygens (including phenoxy) is 2. The van der Waals surface area contributed by atoms with Gasteiger partial charge in [-0.2, -0.15) is 0 Å². The molecule has 186 valence electrons. The standard InChI is InChI=1S/C24H33N3O6S/c1-16-13-27(17(2)15-28)24(29)21-12-18(6-11-22(21)33-23(16)14-26(3)4)25-34(30,31)20-9-7-19(32-5)8-10-20/h6-12,16-17,23,25,28H,13-15H2,1-5H3/t16-,17-,23+/m1/s1. The molecule has 2 aromatic rings. The van der Waals surface area contributed by atoms with Gasteiger partial charge in [0.05, 0.1) is 30.2 Å². The van der Waals surface area contributed by atoms with E-state index in [4.69, 9.17) is 9.47 Å². The van der Waals surface area contributed by atoms with Gasteiger partial charge in [0.1, 0.15) is 17.6 Å². The normalized spacial score (nSPS) is 19.6. The lowest BCUT2D eigenvalue weighted by Crippen LogP contribution is -2.49. The number of benzene rings is 2. The van der Waals surface area contributed by atoms with Gasteiger partial charge >= 0.3 is 0 Å². The number of nitrogens with one attached hydrogen (secondary N) is 1. The second-order valence-corrected chi connectivity index (χ2v) is 10.6. The summed E-state index contributed by atoms with van der Waals surface area (Å²) in [6, 6.07) is 10.3. The highest BCUT2D eigenvalue weighted by molar-refractivity contribution is 7.92. The molecular weight excluding hydrogens is 458 g/mol. The molecule has 9 nitrogen and oxygen atoms in total. The van der Waals surface area contributed by atoms with E-state index < -0.39 is 16.1 Å². The van der Waals surface area contributed by atoms with Crippen molar-refractivity contribution in [3.63, 3.8) is 0 Å². The van der Waals surface area contributed by atoms with Crippen LogP contribution in [0.5, 0.6) is 11.5 Å². The molecule has 0 saturated carbocycles. The average molecular weight is 492 g/mol. The third kappa shape index (κ3) is 5.81. The van der Waals surface area contributed by atoms with E-state index in [0.29, 0.717) is 24.6 Å². The largest absolute Gasteiger partial charge is 0.497 e. The molecular formula is C24H33N3O6S. The van der Waals surface area contributed by atoms with E-state index in [1.807, 2.05) is 25.9 Å². The summed E-state index contributed by atoms with van der Waals surface area (Å²) < 4.78 is 39.6. The summed E-state index contributed by atoms with van der Waals surface area (Å²) in [6.45, 7) is 4.66. The fourth-order valence-electron chi connectivity index (χ4n) is 3.83. The maximum atomic E-state index is 13.5. The van der Waals surface area contributed by atoms with Crippen LogP contribution in [-0.4, -0.2) is 82.3 Å². The number of aliphatic hydroxyl groups excluding tert-OH is 1. The van der Waals surface area contributed by atoms with Crippen LogP contribution in [0, 0.1) is 5.92 Å². The van der Waals surface area contributed by atoms with E-state index in [-0.39, 0.29) is 40.7 Å². The molecule has 0 bridgehead atoms. The summed E-state index contributed by atoms with van der Waals surface area (Å²) in [7, 11) is 1.52. The van der Waals surface area contributed by atoms with Crippen LogP contribution in [-0.2, 0) is 10.0 Å². The Labute approximate surface area is 201 Å². The van der Waals surface area contributed by atoms with Crippen molar-refractivity contribution >= 4 is 21.6 Å². The molecule has 3 atom stereocenters. The first-order valence-electron chi connectivity index (χ1n) is 11.1. The summed E-state index contributed by atoms with van der Waals surface area (Å²) >= 11 is 0. The van der Waals surface area contributed by atoms with Crippen molar-refractivity contribution in [1.29, 1.82) is 0 Å². The van der Waals surface area contributed by atoms with Crippen LogP contribution in [0.15, 0.2) is 47.4 Å². The van der Waals surface area contributed by atoms with E-state index in [1.165, 1.54) is 25.3 Å². The number of rotatable bonds is 8. The van der Waals surface area contributed by atoms with Crippen LogP contribution in [0.4, 0.5) is 5.69 Å². The van der Waals surface area contributed by atoms with Crippen LogP contribution in [0.2, 0.25) is 0 Å². The number of amides is 1. The number of sulfonamides is 1. The van der Waals surface area contributed by atoms with Gasteiger partial charge < -0.3 is 24.4 Å². The minimum atomic E-state index is -3.89. The van der Waals surface area contributed by atoms with E-state index >= 15 is 0 Å². The Morgan fingerprint density at radius 3 is 2.50 bits per heavy atom. The molecule has 2 N–H and O–H groups in total. The molecule has 1 aliphatic rings. The highest BCUT2D eigenvalue weighted by Gasteiger charge is 2.33. The van der Waals surface area contributed by atoms with E-state index in [2.05, 4.69) is 4.72 Å². The monoisotopic (exact) mass is 491 g/mol. The van der Waals surface area contributed by atoms with Crippen molar-refractivity contribution in [1.82, 2.24) is 9.80 Å². The van der Waals surface area contributed by atoms with Crippen molar-refractivity contribution in [2.45, 2.75) is 30.9 Å². The average Bonchev–Trinajstić information content (AvgIpc) is 2.80. The van der Waals surface area contributed by atoms with Crippen molar-refractivity contribution in [3.8, 4) is 11.5 Å². The SMILES string of the molecule is COc1ccc(S(=O)(=O)Nc2ccc3c(c2)C(=O)N([C@H](C)CO)C[C@@H](C)[C@H](CN(C)C)O3)cc1. The Hall–Kier alpha value is -2.82. The highest BCUT2D eigenvalue weighted by Crippen LogP contribution is 2.31. The Kier molecular flexibility index (Phi) is 8.06. The maximum Gasteiger partial charge on any atom is 0.261 e. The first-order chi connectivity index (χ1) is 16.1. The number of methoxy groups -OCH3 is 1. The lowest BCUT2D eigenvalue weighted by Gasteiger charge is -2.37. The predicted octanol–water partition coefficient (Wildman–Crippen LogP) is 2.28. The molecule has 1 amide bonds. The number of likely N-dealkylation sites (N-methyl/N-ethyl adjacent to an activating group) is 1. The first-order valence-corrected chi connectivity index (χ1v) is 12.6. The highest BCUT2D eigenvalue weighted by atomic mass is 32.2. The third-order valence-corrected chi connectivity index (χ3v) is 7.23. The zero-order chi connectivity index (χ0) is 25.0. The molecule has 0 saturated heterocycles. The minimum absolute atomic E-state index is 0.0155. The quantitative estimate of drug-likeness (QED) is 0.583. The van der Waals surface area contributed by atoms with Gasteiger partial charge in [0.25, 0.3) is 15.9 Å². The van der Waals surface area contributed by atoms with Crippen LogP contribution >= 0.6 is 0 Å². The van der Waals surface area contributed by atoms with Crippen molar-refractivity contribution in [2.24, 2.45) is 5.92 Å². The predicted molar refractivity (Wildman–Crippen MR) is 130 cm³/mol. The van der Waals surface area contributed by atoms with Gasteiger partial charge in [-0.3, -0.25) is 9.52 Å². The lowest BCUT2D eigenvalue weighted by atomic mass is 9.99. The van der Waals surface area contributed by atoms with Gasteiger partial charge in [0, 0.05) is 24.7 Å². The summed E-state index contributed by atoms with van der Waals surface area (Å²) in [5, 5.41) is 9.75.